The van der Waals surface area contributed by atoms with Crippen LogP contribution in [0.25, 0.3) is 0 Å². The maximum Gasteiger partial charge on any atom is 0.306 e. The first-order valence-corrected chi connectivity index (χ1v) is 28.2. The second-order valence-corrected chi connectivity index (χ2v) is 18.8. The second-order valence-electron chi connectivity index (χ2n) is 18.8. The van der Waals surface area contributed by atoms with Gasteiger partial charge < -0.3 is 14.2 Å². The van der Waals surface area contributed by atoms with Crippen molar-refractivity contribution in [2.75, 3.05) is 19.8 Å². The van der Waals surface area contributed by atoms with E-state index in [1.54, 1.807) is 0 Å². The first-order chi connectivity index (χ1) is 31.6. The quantitative estimate of drug-likeness (QED) is 0.0346. The molecule has 5 nitrogen and oxygen atoms in total. The molecule has 0 spiro atoms. The van der Waals surface area contributed by atoms with Crippen molar-refractivity contribution in [2.24, 2.45) is 0 Å². The molecule has 0 aliphatic heterocycles. The van der Waals surface area contributed by atoms with Gasteiger partial charge in [-0.25, -0.2) is 0 Å². The molecule has 374 valence electrons. The van der Waals surface area contributed by atoms with Gasteiger partial charge in [-0.2, -0.15) is 0 Å². The SMILES string of the molecule is CC/C=C\C/C=C\C/C=C\CCCCCC(=O)OC(COCCCCCCCCCCCCCCCCCCCCCC)COC(=O)CCCCCCC/C=C\CCCCCCCC. The summed E-state index contributed by atoms with van der Waals surface area (Å²) in [5, 5.41) is 0. The first kappa shape index (κ1) is 61.9. The number of allylic oxidation sites excluding steroid dienone is 8. The molecule has 64 heavy (non-hydrogen) atoms. The Kier molecular flexibility index (Phi) is 53.3. The fourth-order valence-corrected chi connectivity index (χ4v) is 8.17. The van der Waals surface area contributed by atoms with E-state index in [0.29, 0.717) is 19.4 Å². The van der Waals surface area contributed by atoms with Crippen LogP contribution in [0.1, 0.15) is 290 Å². The molecule has 0 aromatic heterocycles. The predicted octanol–water partition coefficient (Wildman–Crippen LogP) is 19.1. The molecule has 1 atom stereocenters. The zero-order chi connectivity index (χ0) is 46.3. The summed E-state index contributed by atoms with van der Waals surface area (Å²) in [5.74, 6) is -0.428. The highest BCUT2D eigenvalue weighted by Crippen LogP contribution is 2.16. The Bertz CT molecular complexity index is 1060. The smallest absolute Gasteiger partial charge is 0.306 e. The lowest BCUT2D eigenvalue weighted by Crippen LogP contribution is -2.30. The topological polar surface area (TPSA) is 61.8 Å². The van der Waals surface area contributed by atoms with Crippen LogP contribution >= 0.6 is 0 Å². The minimum Gasteiger partial charge on any atom is -0.462 e. The van der Waals surface area contributed by atoms with E-state index in [9.17, 15) is 9.59 Å². The van der Waals surface area contributed by atoms with Crippen LogP contribution in [0.4, 0.5) is 0 Å². The number of carbonyl (C=O) groups excluding carboxylic acids is 2. The summed E-state index contributed by atoms with van der Waals surface area (Å²) in [5.41, 5.74) is 0. The van der Waals surface area contributed by atoms with Crippen molar-refractivity contribution in [2.45, 2.75) is 297 Å². The Morgan fingerprint density at radius 1 is 0.359 bits per heavy atom. The molecule has 0 radical (unpaired) electrons. The number of carbonyl (C=O) groups is 2. The van der Waals surface area contributed by atoms with Gasteiger partial charge in [0.1, 0.15) is 6.61 Å². The molecule has 0 rings (SSSR count). The zero-order valence-electron chi connectivity index (χ0n) is 43.1. The largest absolute Gasteiger partial charge is 0.462 e. The van der Waals surface area contributed by atoms with E-state index >= 15 is 0 Å². The van der Waals surface area contributed by atoms with Gasteiger partial charge in [0.25, 0.3) is 0 Å². The molecule has 1 unspecified atom stereocenters. The lowest BCUT2D eigenvalue weighted by molar-refractivity contribution is -0.163. The highest BCUT2D eigenvalue weighted by atomic mass is 16.6. The molecule has 0 aromatic rings. The number of rotatable bonds is 52. The number of hydrogen-bond acceptors (Lipinski definition) is 5. The van der Waals surface area contributed by atoms with Crippen molar-refractivity contribution in [3.63, 3.8) is 0 Å². The monoisotopic (exact) mass is 897 g/mol. The van der Waals surface area contributed by atoms with Gasteiger partial charge in [0.15, 0.2) is 6.10 Å². The van der Waals surface area contributed by atoms with Crippen molar-refractivity contribution in [1.82, 2.24) is 0 Å². The van der Waals surface area contributed by atoms with E-state index in [1.165, 1.54) is 173 Å². The summed E-state index contributed by atoms with van der Waals surface area (Å²) in [6, 6.07) is 0. The third-order valence-electron chi connectivity index (χ3n) is 12.3. The molecule has 0 saturated heterocycles. The maximum absolute atomic E-state index is 12.8. The summed E-state index contributed by atoms with van der Waals surface area (Å²) < 4.78 is 17.4. The Morgan fingerprint density at radius 2 is 0.703 bits per heavy atom. The van der Waals surface area contributed by atoms with Gasteiger partial charge in [0.2, 0.25) is 0 Å². The van der Waals surface area contributed by atoms with Gasteiger partial charge in [0, 0.05) is 19.4 Å². The Labute approximate surface area is 399 Å². The normalized spacial score (nSPS) is 12.5. The maximum atomic E-state index is 12.8. The third kappa shape index (κ3) is 52.5. The minimum absolute atomic E-state index is 0.0725. The van der Waals surface area contributed by atoms with Crippen LogP contribution < -0.4 is 0 Å². The third-order valence-corrected chi connectivity index (χ3v) is 12.3. The second kappa shape index (κ2) is 55.2. The molecule has 0 bridgehead atoms. The molecular weight excluding hydrogens is 789 g/mol. The van der Waals surface area contributed by atoms with Crippen molar-refractivity contribution in [3.8, 4) is 0 Å². The van der Waals surface area contributed by atoms with Crippen molar-refractivity contribution in [3.05, 3.63) is 48.6 Å². The summed E-state index contributed by atoms with van der Waals surface area (Å²) >= 11 is 0. The molecule has 0 amide bonds. The van der Waals surface area contributed by atoms with E-state index in [0.717, 1.165) is 83.5 Å². The number of hydrogen-bond donors (Lipinski definition) is 0. The molecule has 5 heteroatoms. The Hall–Kier alpha value is -2.14. The van der Waals surface area contributed by atoms with Crippen LogP contribution in [0, 0.1) is 0 Å². The first-order valence-electron chi connectivity index (χ1n) is 28.2. The van der Waals surface area contributed by atoms with Crippen LogP contribution in [-0.2, 0) is 23.8 Å². The van der Waals surface area contributed by atoms with E-state index in [2.05, 4.69) is 69.4 Å². The fourth-order valence-electron chi connectivity index (χ4n) is 8.17. The summed E-state index contributed by atoms with van der Waals surface area (Å²) in [4.78, 5) is 25.4. The average molecular weight is 898 g/mol. The van der Waals surface area contributed by atoms with Gasteiger partial charge in [0.05, 0.1) is 6.61 Å². The number of ether oxygens (including phenoxy) is 3. The molecular formula is C59H108O5. The molecule has 0 aliphatic rings. The van der Waals surface area contributed by atoms with Gasteiger partial charge >= 0.3 is 11.9 Å². The highest BCUT2D eigenvalue weighted by molar-refractivity contribution is 5.70. The van der Waals surface area contributed by atoms with Crippen LogP contribution in [0.5, 0.6) is 0 Å². The highest BCUT2D eigenvalue weighted by Gasteiger charge is 2.17. The van der Waals surface area contributed by atoms with Crippen molar-refractivity contribution >= 4 is 11.9 Å². The molecule has 0 fully saturated rings. The van der Waals surface area contributed by atoms with E-state index in [1.807, 2.05) is 0 Å². The molecule has 0 saturated carbocycles. The number of unbranched alkanes of at least 4 members (excludes halogenated alkanes) is 33. The van der Waals surface area contributed by atoms with Gasteiger partial charge in [-0.1, -0.05) is 249 Å². The lowest BCUT2D eigenvalue weighted by Gasteiger charge is -2.18. The predicted molar refractivity (Wildman–Crippen MR) is 279 cm³/mol. The molecule has 0 aromatic carbocycles. The summed E-state index contributed by atoms with van der Waals surface area (Å²) in [6.45, 7) is 7.72. The molecule has 0 heterocycles. The lowest BCUT2D eigenvalue weighted by atomic mass is 10.0. The zero-order valence-corrected chi connectivity index (χ0v) is 43.1. The minimum atomic E-state index is -0.552. The van der Waals surface area contributed by atoms with Crippen molar-refractivity contribution < 1.29 is 23.8 Å². The van der Waals surface area contributed by atoms with Crippen LogP contribution in [0.3, 0.4) is 0 Å². The van der Waals surface area contributed by atoms with Gasteiger partial charge in [-0.15, -0.1) is 0 Å². The van der Waals surface area contributed by atoms with Crippen LogP contribution in [0.15, 0.2) is 48.6 Å². The van der Waals surface area contributed by atoms with Gasteiger partial charge in [-0.3, -0.25) is 9.59 Å². The van der Waals surface area contributed by atoms with Gasteiger partial charge in [-0.05, 0) is 77.0 Å². The Morgan fingerprint density at radius 3 is 1.16 bits per heavy atom. The Balaban J connectivity index is 4.23. The van der Waals surface area contributed by atoms with Crippen LogP contribution in [-0.4, -0.2) is 37.9 Å². The summed E-state index contributed by atoms with van der Waals surface area (Å²) in [6.07, 6.45) is 68.5. The van der Waals surface area contributed by atoms with Crippen LogP contribution in [0.2, 0.25) is 0 Å². The molecule has 0 aliphatic carbocycles. The van der Waals surface area contributed by atoms with E-state index < -0.39 is 6.10 Å². The fraction of sp³-hybridized carbons (Fsp3) is 0.831. The summed E-state index contributed by atoms with van der Waals surface area (Å²) in [7, 11) is 0. The van der Waals surface area contributed by atoms with Crippen molar-refractivity contribution in [1.29, 1.82) is 0 Å². The molecule has 0 N–H and O–H groups in total. The standard InChI is InChI=1S/C59H108O5/c1-4-7-10-13-16-19-22-25-27-28-29-30-31-33-36-39-42-45-48-51-54-62-55-57(64-59(61)53-50-47-44-41-38-34-24-21-18-15-12-9-6-3)56-63-58(60)52-49-46-43-40-37-35-32-26-23-20-17-14-11-8-5-2/h9,12,18,21,26,32,34,38,57H,4-8,10-11,13-17,19-20,22-25,27-31,33,35-37,39-56H2,1-3H3/b12-9-,21-18-,32-26-,38-34-. The van der Waals surface area contributed by atoms with E-state index in [-0.39, 0.29) is 25.2 Å². The van der Waals surface area contributed by atoms with E-state index in [4.69, 9.17) is 14.2 Å². The number of esters is 2. The average Bonchev–Trinajstić information content (AvgIpc) is 3.30.